The molecule has 1 aliphatic rings. The topological polar surface area (TPSA) is 67.6 Å². The maximum absolute atomic E-state index is 12.1. The van der Waals surface area contributed by atoms with Gasteiger partial charge in [0.15, 0.2) is 0 Å². The van der Waals surface area contributed by atoms with Gasteiger partial charge in [-0.3, -0.25) is 0 Å². The molecule has 3 N–H and O–H groups in total. The number of hydrogen-bond donors (Lipinski definition) is 2. The van der Waals surface area contributed by atoms with Crippen LogP contribution in [0.15, 0.2) is 24.3 Å². The lowest BCUT2D eigenvalue weighted by atomic mass is 10.2. The predicted molar refractivity (Wildman–Crippen MR) is 71.5 cm³/mol. The third-order valence-electron chi connectivity index (χ3n) is 2.87. The Bertz CT molecular complexity index is 409. The quantitative estimate of drug-likeness (QED) is 0.747. The van der Waals surface area contributed by atoms with E-state index in [1.807, 2.05) is 13.8 Å². The Morgan fingerprint density at radius 3 is 2.39 bits per heavy atom. The molecule has 0 spiro atoms. The fourth-order valence-electron chi connectivity index (χ4n) is 2.11. The molecule has 0 bridgehead atoms. The van der Waals surface area contributed by atoms with Gasteiger partial charge in [0.25, 0.3) is 0 Å². The van der Waals surface area contributed by atoms with Crippen molar-refractivity contribution in [1.29, 1.82) is 0 Å². The van der Waals surface area contributed by atoms with Crippen LogP contribution in [0.5, 0.6) is 0 Å². The van der Waals surface area contributed by atoms with Gasteiger partial charge in [-0.1, -0.05) is 0 Å². The molecule has 0 aromatic heterocycles. The van der Waals surface area contributed by atoms with Crippen molar-refractivity contribution in [2.75, 3.05) is 24.1 Å². The van der Waals surface area contributed by atoms with E-state index in [0.717, 1.165) is 5.69 Å². The fourth-order valence-corrected chi connectivity index (χ4v) is 2.11. The molecular weight excluding hydrogens is 230 g/mol. The maximum atomic E-state index is 12.1. The van der Waals surface area contributed by atoms with Gasteiger partial charge in [0.2, 0.25) is 0 Å². The Kier molecular flexibility index (Phi) is 3.72. The molecule has 1 saturated heterocycles. The van der Waals surface area contributed by atoms with Crippen molar-refractivity contribution >= 4 is 17.4 Å². The number of urea groups is 1. The summed E-state index contributed by atoms with van der Waals surface area (Å²) in [5.41, 5.74) is 7.03. The first kappa shape index (κ1) is 12.7. The highest BCUT2D eigenvalue weighted by molar-refractivity contribution is 5.89. The normalized spacial score (nSPS) is 23.8. The number of morpholine rings is 1. The van der Waals surface area contributed by atoms with Crippen LogP contribution >= 0.6 is 0 Å². The molecular formula is C13H19N3O2. The van der Waals surface area contributed by atoms with Crippen molar-refractivity contribution < 1.29 is 9.53 Å². The summed E-state index contributed by atoms with van der Waals surface area (Å²) in [4.78, 5) is 13.8. The molecule has 2 atom stereocenters. The molecule has 1 aromatic carbocycles. The maximum Gasteiger partial charge on any atom is 0.322 e. The molecule has 0 aliphatic carbocycles. The second-order valence-corrected chi connectivity index (χ2v) is 4.71. The van der Waals surface area contributed by atoms with Crippen LogP contribution in [0.2, 0.25) is 0 Å². The van der Waals surface area contributed by atoms with Gasteiger partial charge < -0.3 is 20.7 Å². The molecule has 0 unspecified atom stereocenters. The third-order valence-corrected chi connectivity index (χ3v) is 2.87. The minimum atomic E-state index is -0.0956. The summed E-state index contributed by atoms with van der Waals surface area (Å²) in [5.74, 6) is 0. The molecule has 1 aromatic rings. The Balaban J connectivity index is 1.97. The van der Waals surface area contributed by atoms with Crippen LogP contribution in [0.1, 0.15) is 13.8 Å². The lowest BCUT2D eigenvalue weighted by Crippen LogP contribution is -2.49. The summed E-state index contributed by atoms with van der Waals surface area (Å²) in [6.07, 6.45) is 0.150. The van der Waals surface area contributed by atoms with Gasteiger partial charge in [-0.05, 0) is 38.1 Å². The van der Waals surface area contributed by atoms with Gasteiger partial charge in [0.1, 0.15) is 0 Å². The van der Waals surface area contributed by atoms with Crippen LogP contribution in [-0.2, 0) is 4.74 Å². The minimum absolute atomic E-state index is 0.0749. The molecule has 5 heteroatoms. The smallest absolute Gasteiger partial charge is 0.322 e. The largest absolute Gasteiger partial charge is 0.399 e. The monoisotopic (exact) mass is 249 g/mol. The predicted octanol–water partition coefficient (Wildman–Crippen LogP) is 1.91. The molecule has 2 rings (SSSR count). The number of hydrogen-bond acceptors (Lipinski definition) is 3. The molecule has 18 heavy (non-hydrogen) atoms. The summed E-state index contributed by atoms with van der Waals surface area (Å²) in [6.45, 7) is 5.18. The lowest BCUT2D eigenvalue weighted by Gasteiger charge is -2.35. The Morgan fingerprint density at radius 2 is 1.83 bits per heavy atom. The van der Waals surface area contributed by atoms with Gasteiger partial charge in [-0.25, -0.2) is 4.79 Å². The van der Waals surface area contributed by atoms with Gasteiger partial charge in [0.05, 0.1) is 12.2 Å². The van der Waals surface area contributed by atoms with E-state index in [9.17, 15) is 4.79 Å². The number of benzene rings is 1. The second kappa shape index (κ2) is 5.27. The van der Waals surface area contributed by atoms with Gasteiger partial charge in [-0.2, -0.15) is 0 Å². The number of nitrogens with two attached hydrogens (primary N) is 1. The first-order valence-corrected chi connectivity index (χ1v) is 6.11. The van der Waals surface area contributed by atoms with Crippen molar-refractivity contribution in [3.63, 3.8) is 0 Å². The molecule has 0 saturated carbocycles. The molecule has 5 nitrogen and oxygen atoms in total. The molecule has 2 amide bonds. The number of nitrogen functional groups attached to an aromatic ring is 1. The number of nitrogens with one attached hydrogen (secondary N) is 1. The standard InChI is InChI=1S/C13H19N3O2/c1-9-7-16(8-10(2)18-9)13(17)15-12-5-3-11(14)4-6-12/h3-6,9-10H,7-8,14H2,1-2H3,(H,15,17)/t9-,10+. The van der Waals surface area contributed by atoms with Crippen LogP contribution in [-0.4, -0.2) is 36.2 Å². The minimum Gasteiger partial charge on any atom is -0.399 e. The van der Waals surface area contributed by atoms with Crippen molar-refractivity contribution in [3.05, 3.63) is 24.3 Å². The summed E-state index contributed by atoms with van der Waals surface area (Å²) in [7, 11) is 0. The highest BCUT2D eigenvalue weighted by Crippen LogP contribution is 2.14. The van der Waals surface area contributed by atoms with Gasteiger partial charge in [-0.15, -0.1) is 0 Å². The summed E-state index contributed by atoms with van der Waals surface area (Å²) in [5, 5.41) is 2.86. The van der Waals surface area contributed by atoms with Crippen LogP contribution in [0, 0.1) is 0 Å². The van der Waals surface area contributed by atoms with E-state index in [1.165, 1.54) is 0 Å². The Morgan fingerprint density at radius 1 is 1.28 bits per heavy atom. The Labute approximate surface area is 107 Å². The summed E-state index contributed by atoms with van der Waals surface area (Å²) >= 11 is 0. The Hall–Kier alpha value is -1.75. The lowest BCUT2D eigenvalue weighted by molar-refractivity contribution is -0.0530. The van der Waals surface area contributed by atoms with E-state index in [0.29, 0.717) is 18.8 Å². The number of carbonyl (C=O) groups excluding carboxylic acids is 1. The average molecular weight is 249 g/mol. The summed E-state index contributed by atoms with van der Waals surface area (Å²) < 4.78 is 5.59. The molecule has 98 valence electrons. The number of ether oxygens (including phenoxy) is 1. The first-order chi connectivity index (χ1) is 8.54. The van der Waals surface area contributed by atoms with Crippen molar-refractivity contribution in [2.45, 2.75) is 26.1 Å². The number of amides is 2. The number of nitrogens with zero attached hydrogens (tertiary/aromatic N) is 1. The van der Waals surface area contributed by atoms with Crippen molar-refractivity contribution in [3.8, 4) is 0 Å². The van der Waals surface area contributed by atoms with Crippen LogP contribution in [0.4, 0.5) is 16.2 Å². The molecule has 1 heterocycles. The highest BCUT2D eigenvalue weighted by atomic mass is 16.5. The SMILES string of the molecule is C[C@@H]1CN(C(=O)Nc2ccc(N)cc2)C[C@H](C)O1. The fraction of sp³-hybridized carbons (Fsp3) is 0.462. The zero-order valence-electron chi connectivity index (χ0n) is 10.7. The van der Waals surface area contributed by atoms with Crippen molar-refractivity contribution in [2.24, 2.45) is 0 Å². The second-order valence-electron chi connectivity index (χ2n) is 4.71. The third kappa shape index (κ3) is 3.13. The van der Waals surface area contributed by atoms with E-state index >= 15 is 0 Å². The van der Waals surface area contributed by atoms with Crippen LogP contribution < -0.4 is 11.1 Å². The zero-order chi connectivity index (χ0) is 13.1. The van der Waals surface area contributed by atoms with Crippen LogP contribution in [0.25, 0.3) is 0 Å². The number of rotatable bonds is 1. The average Bonchev–Trinajstić information content (AvgIpc) is 2.31. The first-order valence-electron chi connectivity index (χ1n) is 6.11. The zero-order valence-corrected chi connectivity index (χ0v) is 10.7. The van der Waals surface area contributed by atoms with Gasteiger partial charge in [0, 0.05) is 24.5 Å². The van der Waals surface area contributed by atoms with E-state index in [1.54, 1.807) is 29.2 Å². The van der Waals surface area contributed by atoms with E-state index in [-0.39, 0.29) is 18.2 Å². The van der Waals surface area contributed by atoms with E-state index < -0.39 is 0 Å². The molecule has 0 radical (unpaired) electrons. The number of carbonyl (C=O) groups is 1. The molecule has 1 aliphatic heterocycles. The number of anilines is 2. The van der Waals surface area contributed by atoms with E-state index in [4.69, 9.17) is 10.5 Å². The molecule has 1 fully saturated rings. The van der Waals surface area contributed by atoms with Crippen LogP contribution in [0.3, 0.4) is 0 Å². The van der Waals surface area contributed by atoms with E-state index in [2.05, 4.69) is 5.32 Å². The van der Waals surface area contributed by atoms with Crippen molar-refractivity contribution in [1.82, 2.24) is 4.90 Å². The summed E-state index contributed by atoms with van der Waals surface area (Å²) in [6, 6.07) is 7.02. The van der Waals surface area contributed by atoms with Gasteiger partial charge >= 0.3 is 6.03 Å². The highest BCUT2D eigenvalue weighted by Gasteiger charge is 2.25.